The number of nitrogen functional groups attached to an aromatic ring is 1. The first-order chi connectivity index (χ1) is 18.1. The van der Waals surface area contributed by atoms with Gasteiger partial charge in [0, 0.05) is 25.9 Å². The number of aromatic amines is 1. The minimum atomic E-state index is -0.644. The molecule has 1 amide bonds. The first-order valence-electron chi connectivity index (χ1n) is 11.2. The van der Waals surface area contributed by atoms with Crippen molar-refractivity contribution in [1.29, 1.82) is 0 Å². The third-order valence-corrected chi connectivity index (χ3v) is 8.86. The summed E-state index contributed by atoms with van der Waals surface area (Å²) in [5.74, 6) is -1.67. The first kappa shape index (κ1) is 28.1. The van der Waals surface area contributed by atoms with E-state index in [0.717, 1.165) is 22.7 Å². The molecule has 4 rings (SSSR count). The largest absolute Gasteiger partial charge is 0.465 e. The van der Waals surface area contributed by atoms with E-state index < -0.39 is 23.9 Å². The van der Waals surface area contributed by atoms with E-state index in [0.29, 0.717) is 35.4 Å². The van der Waals surface area contributed by atoms with Crippen LogP contribution in [0.4, 0.5) is 10.3 Å². The quantitative estimate of drug-likeness (QED) is 0.342. The highest BCUT2D eigenvalue weighted by Crippen LogP contribution is 2.38. The summed E-state index contributed by atoms with van der Waals surface area (Å²) >= 11 is 14.3. The van der Waals surface area contributed by atoms with Crippen LogP contribution in [0.2, 0.25) is 10.0 Å². The van der Waals surface area contributed by atoms with Crippen molar-refractivity contribution in [3.05, 3.63) is 31.2 Å². The van der Waals surface area contributed by atoms with Crippen LogP contribution in [0.5, 0.6) is 0 Å². The summed E-state index contributed by atoms with van der Waals surface area (Å²) in [6.45, 7) is 2.57. The molecular weight excluding hydrogens is 579 g/mol. The molecule has 3 aromatic rings. The number of nitrogens with zero attached hydrogens (tertiary/aromatic N) is 3. The summed E-state index contributed by atoms with van der Waals surface area (Å²) in [5.41, 5.74) is 6.94. The van der Waals surface area contributed by atoms with E-state index in [1.807, 2.05) is 4.90 Å². The minimum absolute atomic E-state index is 0.125. The predicted molar refractivity (Wildman–Crippen MR) is 145 cm³/mol. The summed E-state index contributed by atoms with van der Waals surface area (Å²) in [6, 6.07) is -0.328. The minimum Gasteiger partial charge on any atom is -0.465 e. The van der Waals surface area contributed by atoms with Crippen molar-refractivity contribution in [3.63, 3.8) is 0 Å². The number of piperidine rings is 1. The zero-order chi connectivity index (χ0) is 27.7. The summed E-state index contributed by atoms with van der Waals surface area (Å²) in [5, 5.41) is 4.03. The van der Waals surface area contributed by atoms with Crippen molar-refractivity contribution in [2.75, 3.05) is 45.1 Å². The molecule has 0 aromatic carbocycles. The molecule has 0 radical (unpaired) electrons. The maximum atomic E-state index is 12.9. The van der Waals surface area contributed by atoms with Crippen molar-refractivity contribution in [2.45, 2.75) is 25.5 Å². The number of esters is 2. The smallest absolute Gasteiger partial charge is 0.350 e. The predicted octanol–water partition coefficient (Wildman–Crippen LogP) is 3.39. The molecule has 1 fully saturated rings. The van der Waals surface area contributed by atoms with Gasteiger partial charge in [-0.3, -0.25) is 4.79 Å². The van der Waals surface area contributed by atoms with Crippen LogP contribution in [0.1, 0.15) is 41.9 Å². The number of amides is 1. The Balaban J connectivity index is 1.59. The number of nitrogens with one attached hydrogen (secondary N) is 2. The van der Waals surface area contributed by atoms with Gasteiger partial charge in [-0.2, -0.15) is 0 Å². The van der Waals surface area contributed by atoms with Gasteiger partial charge in [0.05, 0.1) is 36.4 Å². The number of halogens is 2. The fourth-order valence-electron chi connectivity index (χ4n) is 4.03. The second-order valence-corrected chi connectivity index (χ2v) is 11.0. The SMILES string of the molecule is COC(=O)c1sc(N)nc1-c1nc(N2CC[C@@H](NC(=O)c3[nH]c(C)c(Cl)c3Cl)[C@@H](OC)C2)sc1C(=O)OC. The number of aromatic nitrogens is 3. The lowest BCUT2D eigenvalue weighted by Crippen LogP contribution is -2.55. The van der Waals surface area contributed by atoms with E-state index in [1.165, 1.54) is 14.2 Å². The van der Waals surface area contributed by atoms with Gasteiger partial charge in [-0.25, -0.2) is 19.6 Å². The van der Waals surface area contributed by atoms with E-state index in [4.69, 9.17) is 43.1 Å². The molecule has 2 atom stereocenters. The van der Waals surface area contributed by atoms with Crippen LogP contribution < -0.4 is 16.0 Å². The number of carbonyl (C=O) groups is 3. The van der Waals surface area contributed by atoms with Crippen molar-refractivity contribution < 1.29 is 28.6 Å². The molecule has 4 heterocycles. The molecule has 0 bridgehead atoms. The molecule has 1 aliphatic rings. The molecule has 4 N–H and O–H groups in total. The third-order valence-electron chi connectivity index (χ3n) is 5.96. The molecule has 12 nitrogen and oxygen atoms in total. The van der Waals surface area contributed by atoms with Crippen molar-refractivity contribution in [2.24, 2.45) is 0 Å². The molecule has 3 aromatic heterocycles. The number of carbonyl (C=O) groups excluding carboxylic acids is 3. The lowest BCUT2D eigenvalue weighted by molar-refractivity contribution is 0.0540. The van der Waals surface area contributed by atoms with E-state index >= 15 is 0 Å². The Morgan fingerprint density at radius 3 is 2.26 bits per heavy atom. The van der Waals surface area contributed by atoms with Crippen molar-refractivity contribution in [3.8, 4) is 11.4 Å². The van der Waals surface area contributed by atoms with E-state index in [-0.39, 0.29) is 43.0 Å². The van der Waals surface area contributed by atoms with Crippen LogP contribution in [-0.2, 0) is 14.2 Å². The highest BCUT2D eigenvalue weighted by Gasteiger charge is 2.35. The average Bonchev–Trinajstić information content (AvgIpc) is 3.60. The van der Waals surface area contributed by atoms with Crippen LogP contribution in [0, 0.1) is 6.92 Å². The molecule has 0 unspecified atom stereocenters. The van der Waals surface area contributed by atoms with Crippen molar-refractivity contribution >= 4 is 74.0 Å². The molecule has 16 heteroatoms. The first-order valence-corrected chi connectivity index (χ1v) is 13.5. The van der Waals surface area contributed by atoms with Gasteiger partial charge in [0.1, 0.15) is 26.8 Å². The average molecular weight is 604 g/mol. The van der Waals surface area contributed by atoms with Gasteiger partial charge in [0.2, 0.25) is 0 Å². The Morgan fingerprint density at radius 1 is 1.05 bits per heavy atom. The van der Waals surface area contributed by atoms with Gasteiger partial charge >= 0.3 is 11.9 Å². The zero-order valence-electron chi connectivity index (χ0n) is 20.7. The third kappa shape index (κ3) is 5.31. The van der Waals surface area contributed by atoms with E-state index in [2.05, 4.69) is 20.3 Å². The van der Waals surface area contributed by atoms with Crippen molar-refractivity contribution in [1.82, 2.24) is 20.3 Å². The number of ether oxygens (including phenoxy) is 3. The number of hydrogen-bond donors (Lipinski definition) is 3. The molecule has 38 heavy (non-hydrogen) atoms. The maximum Gasteiger partial charge on any atom is 0.350 e. The number of nitrogens with two attached hydrogens (primary N) is 1. The van der Waals surface area contributed by atoms with Gasteiger partial charge in [0.15, 0.2) is 10.3 Å². The molecule has 204 valence electrons. The lowest BCUT2D eigenvalue weighted by Gasteiger charge is -2.37. The Morgan fingerprint density at radius 2 is 1.68 bits per heavy atom. The summed E-state index contributed by atoms with van der Waals surface area (Å²) < 4.78 is 15.5. The van der Waals surface area contributed by atoms with Crippen LogP contribution >= 0.6 is 45.9 Å². The van der Waals surface area contributed by atoms with Gasteiger partial charge in [-0.1, -0.05) is 45.9 Å². The molecule has 0 aliphatic carbocycles. The lowest BCUT2D eigenvalue weighted by atomic mass is 10.0. The summed E-state index contributed by atoms with van der Waals surface area (Å²) in [6.07, 6.45) is 0.0990. The summed E-state index contributed by atoms with van der Waals surface area (Å²) in [4.78, 5) is 51.8. The second-order valence-electron chi connectivity index (χ2n) is 8.23. The Kier molecular flexibility index (Phi) is 8.47. The Labute approximate surface area is 235 Å². The highest BCUT2D eigenvalue weighted by molar-refractivity contribution is 7.18. The van der Waals surface area contributed by atoms with Gasteiger partial charge in [-0.15, -0.1) is 0 Å². The van der Waals surface area contributed by atoms with Gasteiger partial charge in [-0.05, 0) is 13.3 Å². The second kappa shape index (κ2) is 11.5. The van der Waals surface area contributed by atoms with Crippen LogP contribution in [-0.4, -0.2) is 79.4 Å². The van der Waals surface area contributed by atoms with Gasteiger partial charge < -0.3 is 35.1 Å². The number of thiazole rings is 2. The molecule has 0 saturated carbocycles. The monoisotopic (exact) mass is 602 g/mol. The molecule has 1 saturated heterocycles. The fraction of sp³-hybridized carbons (Fsp3) is 0.409. The number of rotatable bonds is 7. The van der Waals surface area contributed by atoms with Gasteiger partial charge in [0.25, 0.3) is 5.91 Å². The van der Waals surface area contributed by atoms with E-state index in [9.17, 15) is 14.4 Å². The summed E-state index contributed by atoms with van der Waals surface area (Å²) in [7, 11) is 4.04. The molecule has 1 aliphatic heterocycles. The maximum absolute atomic E-state index is 12.9. The van der Waals surface area contributed by atoms with Crippen LogP contribution in [0.3, 0.4) is 0 Å². The number of anilines is 2. The normalized spacial score (nSPS) is 17.4. The Hall–Kier alpha value is -2.91. The number of methoxy groups -OCH3 is 3. The van der Waals surface area contributed by atoms with Crippen LogP contribution in [0.25, 0.3) is 11.4 Å². The van der Waals surface area contributed by atoms with E-state index in [1.54, 1.807) is 14.0 Å². The highest BCUT2D eigenvalue weighted by atomic mass is 35.5. The molecule has 0 spiro atoms. The standard InChI is InChI=1S/C22H24Cl2N6O6S2/c1-8-11(23)12(24)13(26-8)18(31)27-9-5-6-30(7-10(9)34-2)22-29-15(17(38-22)20(33)36-4)14-16(19(32)35-3)37-21(25)28-14/h9-10,26H,5-7H2,1-4H3,(H2,25,28)(H,27,31)/t9-,10+/m1/s1. The zero-order valence-corrected chi connectivity index (χ0v) is 23.9. The topological polar surface area (TPSA) is 162 Å². The molecular formula is C22H24Cl2N6O6S2. The number of H-pyrrole nitrogens is 1. The van der Waals surface area contributed by atoms with Crippen LogP contribution in [0.15, 0.2) is 0 Å². The Bertz CT molecular complexity index is 1390. The number of hydrogen-bond acceptors (Lipinski definition) is 12. The number of aryl methyl sites for hydroxylation is 1. The fourth-order valence-corrected chi connectivity index (χ4v) is 6.22.